The number of hydrogen-bond donors (Lipinski definition) is 0. The summed E-state index contributed by atoms with van der Waals surface area (Å²) in [6.07, 6.45) is 12.1. The Balaban J connectivity index is 3.54. The lowest BCUT2D eigenvalue weighted by molar-refractivity contribution is 0.478. The Morgan fingerprint density at radius 1 is 1.12 bits per heavy atom. The summed E-state index contributed by atoms with van der Waals surface area (Å²) in [4.78, 5) is 0. The quantitative estimate of drug-likeness (QED) is 0.460. The SMILES string of the molecule is [CH2]CC=C(C)CCCC(C)CCC=C(C)C. The lowest BCUT2D eigenvalue weighted by atomic mass is 9.96. The van der Waals surface area contributed by atoms with Gasteiger partial charge in [-0.1, -0.05) is 36.6 Å². The monoisotopic (exact) mass is 221 g/mol. The van der Waals surface area contributed by atoms with Gasteiger partial charge in [-0.15, -0.1) is 0 Å². The normalized spacial score (nSPS) is 13.7. The van der Waals surface area contributed by atoms with Crippen LogP contribution in [-0.4, -0.2) is 0 Å². The molecule has 0 bridgehead atoms. The molecule has 0 aromatic heterocycles. The minimum Gasteiger partial charge on any atom is -0.0859 e. The van der Waals surface area contributed by atoms with Gasteiger partial charge < -0.3 is 0 Å². The zero-order valence-electron chi connectivity index (χ0n) is 11.7. The van der Waals surface area contributed by atoms with Crippen molar-refractivity contribution in [2.24, 2.45) is 5.92 Å². The Labute approximate surface area is 103 Å². The molecule has 0 nitrogen and oxygen atoms in total. The predicted molar refractivity (Wildman–Crippen MR) is 75.4 cm³/mol. The molecule has 0 saturated carbocycles. The molecule has 0 aromatic rings. The van der Waals surface area contributed by atoms with Crippen LogP contribution in [0.4, 0.5) is 0 Å². The van der Waals surface area contributed by atoms with Crippen molar-refractivity contribution in [3.8, 4) is 0 Å². The summed E-state index contributed by atoms with van der Waals surface area (Å²) in [6.45, 7) is 12.8. The van der Waals surface area contributed by atoms with E-state index in [1.807, 2.05) is 0 Å². The molecule has 0 aliphatic carbocycles. The molecule has 0 saturated heterocycles. The van der Waals surface area contributed by atoms with Crippen LogP contribution in [0, 0.1) is 12.8 Å². The fourth-order valence-corrected chi connectivity index (χ4v) is 1.88. The van der Waals surface area contributed by atoms with Crippen molar-refractivity contribution in [2.75, 3.05) is 0 Å². The minimum absolute atomic E-state index is 0.864. The van der Waals surface area contributed by atoms with E-state index in [4.69, 9.17) is 0 Å². The van der Waals surface area contributed by atoms with E-state index in [9.17, 15) is 0 Å². The van der Waals surface area contributed by atoms with Gasteiger partial charge in [-0.2, -0.15) is 0 Å². The van der Waals surface area contributed by atoms with E-state index in [0.29, 0.717) is 0 Å². The zero-order valence-corrected chi connectivity index (χ0v) is 11.7. The third kappa shape index (κ3) is 10.0. The molecule has 0 heteroatoms. The van der Waals surface area contributed by atoms with Crippen molar-refractivity contribution in [1.29, 1.82) is 0 Å². The first-order chi connectivity index (χ1) is 7.56. The van der Waals surface area contributed by atoms with Crippen molar-refractivity contribution >= 4 is 0 Å². The molecule has 93 valence electrons. The van der Waals surface area contributed by atoms with E-state index in [1.165, 1.54) is 43.3 Å². The molecule has 1 atom stereocenters. The summed E-state index contributed by atoms with van der Waals surface area (Å²) < 4.78 is 0. The summed E-state index contributed by atoms with van der Waals surface area (Å²) in [5.74, 6) is 0.864. The maximum Gasteiger partial charge on any atom is -0.0323 e. The maximum absolute atomic E-state index is 3.84. The van der Waals surface area contributed by atoms with Crippen LogP contribution in [-0.2, 0) is 0 Å². The highest BCUT2D eigenvalue weighted by Gasteiger charge is 2.01. The van der Waals surface area contributed by atoms with Gasteiger partial charge in [0.25, 0.3) is 0 Å². The van der Waals surface area contributed by atoms with Crippen LogP contribution < -0.4 is 0 Å². The Morgan fingerprint density at radius 2 is 1.81 bits per heavy atom. The molecule has 0 aliphatic heterocycles. The van der Waals surface area contributed by atoms with E-state index in [2.05, 4.69) is 46.8 Å². The van der Waals surface area contributed by atoms with Crippen molar-refractivity contribution in [3.63, 3.8) is 0 Å². The van der Waals surface area contributed by atoms with Crippen LogP contribution in [0.5, 0.6) is 0 Å². The summed E-state index contributed by atoms with van der Waals surface area (Å²) in [5, 5.41) is 0. The Bertz CT molecular complexity index is 216. The van der Waals surface area contributed by atoms with E-state index >= 15 is 0 Å². The molecule has 0 spiro atoms. The maximum atomic E-state index is 3.84. The molecule has 1 radical (unpaired) electrons. The molecule has 0 rings (SSSR count). The molecule has 0 N–H and O–H groups in total. The summed E-state index contributed by atoms with van der Waals surface area (Å²) in [5.41, 5.74) is 2.95. The third-order valence-electron chi connectivity index (χ3n) is 2.97. The lowest BCUT2D eigenvalue weighted by Gasteiger charge is -2.10. The molecule has 0 fully saturated rings. The molecule has 0 amide bonds. The summed E-state index contributed by atoms with van der Waals surface area (Å²) in [6, 6.07) is 0. The lowest BCUT2D eigenvalue weighted by Crippen LogP contribution is -1.94. The average Bonchev–Trinajstić information content (AvgIpc) is 2.17. The zero-order chi connectivity index (χ0) is 12.4. The van der Waals surface area contributed by atoms with Gasteiger partial charge in [0.1, 0.15) is 0 Å². The Hall–Kier alpha value is -0.520. The first-order valence-electron chi connectivity index (χ1n) is 6.64. The van der Waals surface area contributed by atoms with Gasteiger partial charge in [0, 0.05) is 0 Å². The molecule has 0 heterocycles. The fourth-order valence-electron chi connectivity index (χ4n) is 1.88. The van der Waals surface area contributed by atoms with Gasteiger partial charge in [0.15, 0.2) is 0 Å². The van der Waals surface area contributed by atoms with Crippen LogP contribution >= 0.6 is 0 Å². The van der Waals surface area contributed by atoms with Gasteiger partial charge in [-0.3, -0.25) is 0 Å². The molecular formula is C16H29. The van der Waals surface area contributed by atoms with E-state index in [1.54, 1.807) is 0 Å². The third-order valence-corrected chi connectivity index (χ3v) is 2.97. The second-order valence-electron chi connectivity index (χ2n) is 5.20. The molecule has 0 aromatic carbocycles. The van der Waals surface area contributed by atoms with Crippen molar-refractivity contribution < 1.29 is 0 Å². The van der Waals surface area contributed by atoms with Gasteiger partial charge in [0.2, 0.25) is 0 Å². The molecule has 1 unspecified atom stereocenters. The topological polar surface area (TPSA) is 0 Å². The van der Waals surface area contributed by atoms with E-state index in [-0.39, 0.29) is 0 Å². The predicted octanol–water partition coefficient (Wildman–Crippen LogP) is 5.71. The highest BCUT2D eigenvalue weighted by Crippen LogP contribution is 2.17. The largest absolute Gasteiger partial charge is 0.0859 e. The van der Waals surface area contributed by atoms with E-state index in [0.717, 1.165) is 12.3 Å². The average molecular weight is 221 g/mol. The van der Waals surface area contributed by atoms with Crippen LogP contribution in [0.3, 0.4) is 0 Å². The van der Waals surface area contributed by atoms with Gasteiger partial charge in [0.05, 0.1) is 0 Å². The van der Waals surface area contributed by atoms with Crippen molar-refractivity contribution in [3.05, 3.63) is 30.2 Å². The Kier molecular flexibility index (Phi) is 9.37. The summed E-state index contributed by atoms with van der Waals surface area (Å²) >= 11 is 0. The fraction of sp³-hybridized carbons (Fsp3) is 0.688. The van der Waals surface area contributed by atoms with Gasteiger partial charge in [-0.05, 0) is 65.7 Å². The second kappa shape index (κ2) is 9.69. The number of rotatable bonds is 8. The number of allylic oxidation sites excluding steroid dienone is 4. The van der Waals surface area contributed by atoms with Gasteiger partial charge >= 0.3 is 0 Å². The van der Waals surface area contributed by atoms with Crippen LogP contribution in [0.2, 0.25) is 0 Å². The van der Waals surface area contributed by atoms with E-state index < -0.39 is 0 Å². The van der Waals surface area contributed by atoms with Crippen molar-refractivity contribution in [1.82, 2.24) is 0 Å². The standard InChI is InChI=1S/C16H29/c1-6-9-15(4)12-8-13-16(5)11-7-10-14(2)3/h9-10,16H,1,6-8,11-13H2,2-5H3. The van der Waals surface area contributed by atoms with Crippen molar-refractivity contribution in [2.45, 2.75) is 66.2 Å². The van der Waals surface area contributed by atoms with Crippen LogP contribution in [0.1, 0.15) is 66.2 Å². The smallest absolute Gasteiger partial charge is 0.0323 e. The van der Waals surface area contributed by atoms with Crippen LogP contribution in [0.25, 0.3) is 0 Å². The summed E-state index contributed by atoms with van der Waals surface area (Å²) in [7, 11) is 0. The number of hydrogen-bond acceptors (Lipinski definition) is 0. The molecular weight excluding hydrogens is 192 g/mol. The van der Waals surface area contributed by atoms with Gasteiger partial charge in [-0.25, -0.2) is 0 Å². The second-order valence-corrected chi connectivity index (χ2v) is 5.20. The first-order valence-corrected chi connectivity index (χ1v) is 6.64. The molecule has 0 aliphatic rings. The molecule has 16 heavy (non-hydrogen) atoms. The first kappa shape index (κ1) is 15.5. The Morgan fingerprint density at radius 3 is 2.38 bits per heavy atom. The van der Waals surface area contributed by atoms with Crippen LogP contribution in [0.15, 0.2) is 23.3 Å². The highest BCUT2D eigenvalue weighted by molar-refractivity contribution is 4.98. The highest BCUT2D eigenvalue weighted by atomic mass is 14.1. The minimum atomic E-state index is 0.864.